The standard InChI is InChI=1S/C24H25N3O4S2/c1-10-5-4-6-11(7-10)25-14(28)9-27-21(29)15-12-8-13(16(15)22(27)30)18-17(12)24(2,3)19-20(32-18)26-23(31)33-19/h4-7,12-13,15-18H,8-9H2,1-3H3,(H,25,28)(H,26,31)/t12-,13-,15-,16-,17+,18+/m0/s1. The third-order valence-electron chi connectivity index (χ3n) is 8.09. The molecule has 9 heteroatoms. The summed E-state index contributed by atoms with van der Waals surface area (Å²) in [4.78, 5) is 56.7. The molecule has 2 N–H and O–H groups in total. The summed E-state index contributed by atoms with van der Waals surface area (Å²) in [5.41, 5.74) is 1.44. The number of thiazole rings is 1. The molecule has 2 aromatic rings. The first kappa shape index (κ1) is 21.2. The van der Waals surface area contributed by atoms with Crippen LogP contribution in [0.5, 0.6) is 0 Å². The van der Waals surface area contributed by atoms with Gasteiger partial charge in [0.15, 0.2) is 0 Å². The summed E-state index contributed by atoms with van der Waals surface area (Å²) in [5, 5.41) is 3.93. The van der Waals surface area contributed by atoms with Gasteiger partial charge in [0.2, 0.25) is 17.7 Å². The van der Waals surface area contributed by atoms with Crippen LogP contribution >= 0.6 is 23.1 Å². The predicted octanol–water partition coefficient (Wildman–Crippen LogP) is 3.00. The van der Waals surface area contributed by atoms with E-state index in [-0.39, 0.29) is 69.4 Å². The molecule has 1 aromatic heterocycles. The van der Waals surface area contributed by atoms with Gasteiger partial charge in [0.05, 0.1) is 16.9 Å². The normalized spacial score (nSPS) is 33.1. The maximum absolute atomic E-state index is 13.4. The Bertz CT molecular complexity index is 1260. The number of thioether (sulfide) groups is 1. The number of aromatic amines is 1. The van der Waals surface area contributed by atoms with E-state index in [1.54, 1.807) is 17.8 Å². The Morgan fingerprint density at radius 2 is 1.91 bits per heavy atom. The molecule has 172 valence electrons. The molecule has 6 rings (SSSR count). The first-order valence-electron chi connectivity index (χ1n) is 11.3. The van der Waals surface area contributed by atoms with Gasteiger partial charge in [-0.25, -0.2) is 0 Å². The molecule has 4 aliphatic rings. The molecule has 0 unspecified atom stereocenters. The van der Waals surface area contributed by atoms with Crippen molar-refractivity contribution in [1.29, 1.82) is 0 Å². The largest absolute Gasteiger partial charge is 0.325 e. The van der Waals surface area contributed by atoms with Crippen molar-refractivity contribution >= 4 is 46.5 Å². The summed E-state index contributed by atoms with van der Waals surface area (Å²) in [6.45, 7) is 6.02. The molecule has 7 nitrogen and oxygen atoms in total. The minimum Gasteiger partial charge on any atom is -0.325 e. The van der Waals surface area contributed by atoms with Crippen LogP contribution in [0.25, 0.3) is 0 Å². The third-order valence-corrected chi connectivity index (χ3v) is 10.9. The fourth-order valence-corrected chi connectivity index (χ4v) is 10.1. The van der Waals surface area contributed by atoms with Gasteiger partial charge in [-0.3, -0.25) is 24.1 Å². The summed E-state index contributed by atoms with van der Waals surface area (Å²) in [7, 11) is 0. The van der Waals surface area contributed by atoms with Crippen molar-refractivity contribution < 1.29 is 14.4 Å². The highest BCUT2D eigenvalue weighted by molar-refractivity contribution is 8.00. The number of carbonyl (C=O) groups is 3. The molecule has 6 atom stereocenters. The van der Waals surface area contributed by atoms with Crippen LogP contribution in [0.4, 0.5) is 5.69 Å². The lowest BCUT2D eigenvalue weighted by Crippen LogP contribution is -2.48. The highest BCUT2D eigenvalue weighted by atomic mass is 32.2. The lowest BCUT2D eigenvalue weighted by molar-refractivity contribution is -0.143. The van der Waals surface area contributed by atoms with Gasteiger partial charge in [-0.2, -0.15) is 0 Å². The molecule has 3 amide bonds. The van der Waals surface area contributed by atoms with Gasteiger partial charge in [-0.1, -0.05) is 37.3 Å². The zero-order chi connectivity index (χ0) is 23.2. The van der Waals surface area contributed by atoms with Crippen molar-refractivity contribution in [3.05, 3.63) is 44.4 Å². The van der Waals surface area contributed by atoms with E-state index >= 15 is 0 Å². The molecule has 0 spiro atoms. The number of likely N-dealkylation sites (tertiary alicyclic amines) is 1. The number of rotatable bonds is 3. The monoisotopic (exact) mass is 483 g/mol. The Morgan fingerprint density at radius 3 is 2.64 bits per heavy atom. The molecule has 0 radical (unpaired) electrons. The zero-order valence-electron chi connectivity index (χ0n) is 18.6. The van der Waals surface area contributed by atoms with Crippen LogP contribution in [-0.2, 0) is 19.8 Å². The molecule has 2 saturated carbocycles. The van der Waals surface area contributed by atoms with Gasteiger partial charge in [-0.15, -0.1) is 11.8 Å². The predicted molar refractivity (Wildman–Crippen MR) is 126 cm³/mol. The van der Waals surface area contributed by atoms with Crippen LogP contribution < -0.4 is 10.2 Å². The number of benzene rings is 1. The number of nitrogens with zero attached hydrogens (tertiary/aromatic N) is 1. The van der Waals surface area contributed by atoms with Crippen LogP contribution in [0.2, 0.25) is 0 Å². The molecule has 1 aromatic carbocycles. The average Bonchev–Trinajstić information content (AvgIpc) is 3.46. The number of hydrogen-bond acceptors (Lipinski definition) is 6. The van der Waals surface area contributed by atoms with E-state index in [4.69, 9.17) is 0 Å². The summed E-state index contributed by atoms with van der Waals surface area (Å²) in [6, 6.07) is 7.44. The Hall–Kier alpha value is -2.39. The van der Waals surface area contributed by atoms with E-state index < -0.39 is 0 Å². The summed E-state index contributed by atoms with van der Waals surface area (Å²) in [5.74, 6) is -1.07. The van der Waals surface area contributed by atoms with Crippen molar-refractivity contribution in [1.82, 2.24) is 9.88 Å². The second-order valence-electron chi connectivity index (χ2n) is 10.3. The molecule has 2 bridgehead atoms. The minimum atomic E-state index is -0.360. The summed E-state index contributed by atoms with van der Waals surface area (Å²) in [6.07, 6.45) is 0.862. The Labute approximate surface area is 199 Å². The van der Waals surface area contributed by atoms with Crippen LogP contribution in [0.3, 0.4) is 0 Å². The molecular weight excluding hydrogens is 458 g/mol. The number of imide groups is 1. The van der Waals surface area contributed by atoms with E-state index in [2.05, 4.69) is 24.1 Å². The Kier molecular flexibility index (Phi) is 4.52. The van der Waals surface area contributed by atoms with Crippen molar-refractivity contribution in [2.75, 3.05) is 11.9 Å². The highest BCUT2D eigenvalue weighted by Crippen LogP contribution is 2.68. The van der Waals surface area contributed by atoms with Gasteiger partial charge in [-0.05, 0) is 48.8 Å². The van der Waals surface area contributed by atoms with Gasteiger partial charge in [0.1, 0.15) is 6.54 Å². The van der Waals surface area contributed by atoms with Crippen molar-refractivity contribution in [2.45, 2.75) is 42.9 Å². The maximum Gasteiger partial charge on any atom is 0.305 e. The molecule has 1 saturated heterocycles. The van der Waals surface area contributed by atoms with Crippen molar-refractivity contribution in [2.24, 2.45) is 29.6 Å². The Balaban J connectivity index is 1.26. The van der Waals surface area contributed by atoms with Crippen molar-refractivity contribution in [3.63, 3.8) is 0 Å². The number of aromatic nitrogens is 1. The summed E-state index contributed by atoms with van der Waals surface area (Å²) < 4.78 is 0. The number of carbonyl (C=O) groups excluding carboxylic acids is 3. The second-order valence-corrected chi connectivity index (χ2v) is 12.5. The smallest absolute Gasteiger partial charge is 0.305 e. The number of nitrogens with one attached hydrogen (secondary N) is 2. The first-order chi connectivity index (χ1) is 15.7. The third kappa shape index (κ3) is 2.94. The Morgan fingerprint density at radius 1 is 1.18 bits per heavy atom. The quantitative estimate of drug-likeness (QED) is 0.654. The molecule has 2 aliphatic carbocycles. The van der Waals surface area contributed by atoms with Crippen molar-refractivity contribution in [3.8, 4) is 0 Å². The fraction of sp³-hybridized carbons (Fsp3) is 0.500. The number of aryl methyl sites for hydroxylation is 1. The first-order valence-corrected chi connectivity index (χ1v) is 13.0. The van der Waals surface area contributed by atoms with Gasteiger partial charge >= 0.3 is 4.87 Å². The summed E-state index contributed by atoms with van der Waals surface area (Å²) >= 11 is 2.94. The molecule has 33 heavy (non-hydrogen) atoms. The number of hydrogen-bond donors (Lipinski definition) is 2. The number of amides is 3. The average molecular weight is 484 g/mol. The SMILES string of the molecule is Cc1cccc(NC(=O)CN2C(=O)[C@H]3[C@@H]4C[C@@H]([C@@H]3C2=O)[C@@H]2[C@@H]4Sc3[nH]c(=O)sc3C2(C)C)c1. The molecular formula is C24H25N3O4S2. The number of H-pyrrole nitrogens is 1. The van der Waals surface area contributed by atoms with Crippen LogP contribution in [0, 0.1) is 36.5 Å². The van der Waals surface area contributed by atoms with E-state index in [1.807, 2.05) is 25.1 Å². The fourth-order valence-electron chi connectivity index (χ4n) is 6.94. The van der Waals surface area contributed by atoms with E-state index in [1.165, 1.54) is 16.2 Å². The van der Waals surface area contributed by atoms with Crippen LogP contribution in [-0.4, -0.2) is 39.4 Å². The van der Waals surface area contributed by atoms with Gasteiger partial charge < -0.3 is 10.3 Å². The number of fused-ring (bicyclic) bond motifs is 9. The van der Waals surface area contributed by atoms with Gasteiger partial charge in [0, 0.05) is 21.2 Å². The lowest BCUT2D eigenvalue weighted by Gasteiger charge is -2.47. The minimum absolute atomic E-state index is 0.0500. The lowest BCUT2D eigenvalue weighted by atomic mass is 9.64. The molecule has 3 fully saturated rings. The molecule has 3 heterocycles. The zero-order valence-corrected chi connectivity index (χ0v) is 20.2. The molecule has 2 aliphatic heterocycles. The maximum atomic E-state index is 13.4. The van der Waals surface area contributed by atoms with Gasteiger partial charge in [0.25, 0.3) is 0 Å². The van der Waals surface area contributed by atoms with Crippen LogP contribution in [0.1, 0.15) is 30.7 Å². The van der Waals surface area contributed by atoms with E-state index in [0.717, 1.165) is 21.9 Å². The topological polar surface area (TPSA) is 99.3 Å². The highest BCUT2D eigenvalue weighted by Gasteiger charge is 2.70. The van der Waals surface area contributed by atoms with Crippen LogP contribution in [0.15, 0.2) is 34.1 Å². The number of anilines is 1. The van der Waals surface area contributed by atoms with E-state index in [0.29, 0.717) is 5.69 Å². The van der Waals surface area contributed by atoms with E-state index in [9.17, 15) is 19.2 Å². The second kappa shape index (κ2) is 7.06.